The van der Waals surface area contributed by atoms with Gasteiger partial charge in [0.15, 0.2) is 5.75 Å². The maximum atomic E-state index is 6.57. The van der Waals surface area contributed by atoms with E-state index in [-0.39, 0.29) is 0 Å². The second-order valence-corrected chi connectivity index (χ2v) is 10.6. The Labute approximate surface area is 240 Å². The van der Waals surface area contributed by atoms with E-state index in [1.807, 2.05) is 30.3 Å². The van der Waals surface area contributed by atoms with Gasteiger partial charge in [0.25, 0.3) is 0 Å². The monoisotopic (exact) mass is 550 g/mol. The van der Waals surface area contributed by atoms with Gasteiger partial charge in [-0.25, -0.2) is 0 Å². The lowest BCUT2D eigenvalue weighted by molar-refractivity contribution is 0.313. The van der Waals surface area contributed by atoms with Crippen LogP contribution in [0.5, 0.6) is 5.75 Å². The zero-order valence-corrected chi connectivity index (χ0v) is 22.7. The highest BCUT2D eigenvalue weighted by atomic mass is 35.5. The number of fused-ring (bicyclic) bond motifs is 7. The third-order valence-electron chi connectivity index (χ3n) is 7.88. The third-order valence-corrected chi connectivity index (χ3v) is 8.12. The first kappa shape index (κ1) is 23.8. The van der Waals surface area contributed by atoms with Crippen molar-refractivity contribution in [1.82, 2.24) is 4.57 Å². The van der Waals surface area contributed by atoms with Crippen molar-refractivity contribution in [1.29, 1.82) is 0 Å². The third kappa shape index (κ3) is 3.65. The van der Waals surface area contributed by atoms with Crippen LogP contribution in [0.2, 0.25) is 5.02 Å². The molecule has 2 heterocycles. The van der Waals surface area contributed by atoms with Crippen molar-refractivity contribution in [2.24, 2.45) is 4.99 Å². The number of para-hydroxylation sites is 2. The second kappa shape index (κ2) is 9.26. The van der Waals surface area contributed by atoms with Crippen LogP contribution >= 0.6 is 11.6 Å². The van der Waals surface area contributed by atoms with E-state index in [9.17, 15) is 0 Å². The van der Waals surface area contributed by atoms with Crippen LogP contribution in [0.25, 0.3) is 60.2 Å². The van der Waals surface area contributed by atoms with Crippen LogP contribution < -0.4 is 4.74 Å². The summed E-state index contributed by atoms with van der Waals surface area (Å²) >= 11 is 6.35. The summed E-state index contributed by atoms with van der Waals surface area (Å²) in [6, 6.07) is 39.4. The minimum Gasteiger partial charge on any atom is -0.486 e. The molecule has 0 radical (unpaired) electrons. The van der Waals surface area contributed by atoms with Crippen LogP contribution in [0.15, 0.2) is 125 Å². The first-order chi connectivity index (χ1) is 20.2. The molecule has 0 aliphatic rings. The quantitative estimate of drug-likeness (QED) is 0.200. The molecule has 2 aromatic heterocycles. The zero-order chi connectivity index (χ0) is 27.5. The molecule has 0 spiro atoms. The van der Waals surface area contributed by atoms with Gasteiger partial charge in [0.2, 0.25) is 0 Å². The Bertz CT molecular complexity index is 2260. The fraction of sp³-hybridized carbons (Fsp3) is 0.0278. The van der Waals surface area contributed by atoms with Gasteiger partial charge < -0.3 is 13.7 Å². The summed E-state index contributed by atoms with van der Waals surface area (Å²) in [6.45, 7) is 4.14. The van der Waals surface area contributed by atoms with E-state index < -0.39 is 0 Å². The summed E-state index contributed by atoms with van der Waals surface area (Å²) in [5, 5.41) is 7.13. The molecule has 0 N–H and O–H groups in total. The molecule has 4 nitrogen and oxygen atoms in total. The molecule has 8 rings (SSSR count). The molecule has 0 atom stereocenters. The minimum absolute atomic E-state index is 0.350. The van der Waals surface area contributed by atoms with Gasteiger partial charge in [0.05, 0.1) is 22.1 Å². The highest BCUT2D eigenvalue weighted by Crippen LogP contribution is 2.43. The molecule has 41 heavy (non-hydrogen) atoms. The molecule has 8 aromatic rings. The van der Waals surface area contributed by atoms with Crippen LogP contribution in [0.1, 0.15) is 5.56 Å². The topological polar surface area (TPSA) is 39.7 Å². The maximum Gasteiger partial charge on any atom is 0.157 e. The molecule has 0 saturated carbocycles. The normalized spacial score (nSPS) is 11.7. The number of ether oxygens (including phenoxy) is 1. The first-order valence-corrected chi connectivity index (χ1v) is 13.8. The molecule has 0 aliphatic heterocycles. The van der Waals surface area contributed by atoms with Gasteiger partial charge in [-0.1, -0.05) is 78.3 Å². The van der Waals surface area contributed by atoms with Gasteiger partial charge >= 0.3 is 0 Å². The Morgan fingerprint density at radius 1 is 0.683 bits per heavy atom. The molecule has 0 fully saturated rings. The number of hydrogen-bond acceptors (Lipinski definition) is 3. The number of aliphatic imine (C=N–C) groups is 1. The SMILES string of the molecule is C=Nc1ccc2oc3ccc(Cl)cc3c2c1OCc1ccc(-n2c3ccccc3c3ccccc32)c2ccccc12. The standard InChI is InChI=1S/C36H23ClN2O2/c1-38-29-16-19-34-35(28-20-23(37)15-18-33(28)41-34)36(29)40-21-22-14-17-32(25-9-3-2-8-24(22)25)39-30-12-6-4-10-26(30)27-11-5-7-13-31(27)39/h2-20H,1,21H2. The maximum absolute atomic E-state index is 6.57. The van der Waals surface area contributed by atoms with Crippen molar-refractivity contribution in [3.63, 3.8) is 0 Å². The summed E-state index contributed by atoms with van der Waals surface area (Å²) in [7, 11) is 0. The highest BCUT2D eigenvalue weighted by molar-refractivity contribution is 6.32. The van der Waals surface area contributed by atoms with E-state index in [4.69, 9.17) is 20.8 Å². The van der Waals surface area contributed by atoms with Crippen LogP contribution in [0.3, 0.4) is 0 Å². The second-order valence-electron chi connectivity index (χ2n) is 10.1. The van der Waals surface area contributed by atoms with Crippen LogP contribution in [-0.4, -0.2) is 11.3 Å². The highest BCUT2D eigenvalue weighted by Gasteiger charge is 2.18. The summed E-state index contributed by atoms with van der Waals surface area (Å²) in [6.07, 6.45) is 0. The number of nitrogens with zero attached hydrogens (tertiary/aromatic N) is 2. The van der Waals surface area contributed by atoms with Crippen molar-refractivity contribution in [3.8, 4) is 11.4 Å². The van der Waals surface area contributed by atoms with Gasteiger partial charge in [0, 0.05) is 26.6 Å². The molecule has 0 saturated heterocycles. The lowest BCUT2D eigenvalue weighted by Gasteiger charge is -2.16. The fourth-order valence-corrected chi connectivity index (χ4v) is 6.24. The number of hydrogen-bond donors (Lipinski definition) is 0. The van der Waals surface area contributed by atoms with E-state index in [1.54, 1.807) is 0 Å². The van der Waals surface area contributed by atoms with Crippen molar-refractivity contribution < 1.29 is 9.15 Å². The number of rotatable bonds is 5. The van der Waals surface area contributed by atoms with Crippen molar-refractivity contribution in [2.45, 2.75) is 6.61 Å². The smallest absolute Gasteiger partial charge is 0.157 e. The Morgan fingerprint density at radius 3 is 2.07 bits per heavy atom. The minimum atomic E-state index is 0.350. The van der Waals surface area contributed by atoms with Crippen LogP contribution in [0, 0.1) is 0 Å². The number of furan rings is 1. The van der Waals surface area contributed by atoms with Gasteiger partial charge in [-0.15, -0.1) is 0 Å². The van der Waals surface area contributed by atoms with E-state index >= 15 is 0 Å². The predicted molar refractivity (Wildman–Crippen MR) is 171 cm³/mol. The van der Waals surface area contributed by atoms with E-state index in [2.05, 4.69) is 101 Å². The zero-order valence-electron chi connectivity index (χ0n) is 22.0. The van der Waals surface area contributed by atoms with Crippen LogP contribution in [0.4, 0.5) is 5.69 Å². The van der Waals surface area contributed by atoms with Crippen molar-refractivity contribution in [3.05, 3.63) is 126 Å². The van der Waals surface area contributed by atoms with Crippen LogP contribution in [-0.2, 0) is 6.61 Å². The van der Waals surface area contributed by atoms with Gasteiger partial charge in [-0.2, -0.15) is 0 Å². The molecular formula is C36H23ClN2O2. The average molecular weight is 551 g/mol. The summed E-state index contributed by atoms with van der Waals surface area (Å²) in [5.74, 6) is 0.633. The molecule has 5 heteroatoms. The Morgan fingerprint density at radius 2 is 1.34 bits per heavy atom. The Hall–Kier alpha value is -5.06. The lowest BCUT2D eigenvalue weighted by Crippen LogP contribution is -2.01. The first-order valence-electron chi connectivity index (χ1n) is 13.4. The van der Waals surface area contributed by atoms with E-state index in [0.717, 1.165) is 44.0 Å². The van der Waals surface area contributed by atoms with Gasteiger partial charge in [-0.05, 0) is 66.2 Å². The van der Waals surface area contributed by atoms with Gasteiger partial charge in [0.1, 0.15) is 23.5 Å². The summed E-state index contributed by atoms with van der Waals surface area (Å²) < 4.78 is 15.0. The summed E-state index contributed by atoms with van der Waals surface area (Å²) in [4.78, 5) is 4.26. The van der Waals surface area contributed by atoms with E-state index in [1.165, 1.54) is 21.8 Å². The number of aromatic nitrogens is 1. The molecule has 0 unspecified atom stereocenters. The molecule has 0 aliphatic carbocycles. The predicted octanol–water partition coefficient (Wildman–Crippen LogP) is 10.4. The largest absolute Gasteiger partial charge is 0.486 e. The molecule has 6 aromatic carbocycles. The molecule has 0 amide bonds. The molecule has 196 valence electrons. The average Bonchev–Trinajstić information content (AvgIpc) is 3.55. The fourth-order valence-electron chi connectivity index (χ4n) is 6.07. The Kier molecular flexibility index (Phi) is 5.37. The van der Waals surface area contributed by atoms with E-state index in [0.29, 0.717) is 23.1 Å². The van der Waals surface area contributed by atoms with Gasteiger partial charge in [-0.3, -0.25) is 4.99 Å². The number of benzene rings is 6. The molecule has 0 bridgehead atoms. The lowest BCUT2D eigenvalue weighted by atomic mass is 10.0. The van der Waals surface area contributed by atoms with Crippen molar-refractivity contribution in [2.75, 3.05) is 0 Å². The molecular weight excluding hydrogens is 528 g/mol. The van der Waals surface area contributed by atoms with Crippen molar-refractivity contribution >= 4 is 78.5 Å². The Balaban J connectivity index is 1.28. The number of halogens is 1. The summed E-state index contributed by atoms with van der Waals surface area (Å²) in [5.41, 5.74) is 6.69.